The van der Waals surface area contributed by atoms with E-state index in [0.29, 0.717) is 116 Å². The van der Waals surface area contributed by atoms with Crippen LogP contribution in [-0.4, -0.2) is 110 Å². The monoisotopic (exact) mass is 1110 g/mol. The fourth-order valence-corrected chi connectivity index (χ4v) is 6.43. The van der Waals surface area contributed by atoms with E-state index in [2.05, 4.69) is 0 Å². The molecule has 6 aromatic carbocycles. The Balaban J connectivity index is 0.000000331. The summed E-state index contributed by atoms with van der Waals surface area (Å²) in [6.07, 6.45) is 1.88. The van der Waals surface area contributed by atoms with E-state index >= 15 is 0 Å². The van der Waals surface area contributed by atoms with Gasteiger partial charge in [0.2, 0.25) is 0 Å². The lowest BCUT2D eigenvalue weighted by Gasteiger charge is -2.12. The molecule has 80 heavy (non-hydrogen) atoms. The molecule has 2 atom stereocenters. The third-order valence-corrected chi connectivity index (χ3v) is 10.3. The average molecular weight is 1110 g/mol. The van der Waals surface area contributed by atoms with Crippen LogP contribution < -0.4 is 33.2 Å². The molecule has 0 bridgehead atoms. The van der Waals surface area contributed by atoms with Crippen molar-refractivity contribution < 1.29 is 92.1 Å². The SMILES string of the molecule is CCOc1cc(C)ccc1O.CCOc1cc(C2OCC(C)O2)ccc1O.CCOc1cc(C=O)ccc1O.CCOc1cc(C=O)ccc1OC(=O)C(C)C.CCOc1cc(COC)ccc1O.COc1cc(C=O)ccc1O. The zero-order valence-electron chi connectivity index (χ0n) is 47.3. The molecule has 0 spiro atoms. The van der Waals surface area contributed by atoms with Crippen LogP contribution in [0.3, 0.4) is 0 Å². The number of ether oxygens (including phenoxy) is 10. The second kappa shape index (κ2) is 37.3. The highest BCUT2D eigenvalue weighted by Gasteiger charge is 2.25. The van der Waals surface area contributed by atoms with Gasteiger partial charge in [-0.15, -0.1) is 0 Å². The molecule has 2 unspecified atom stereocenters. The number of phenolic OH excluding ortho intramolecular Hbond substituents is 5. The summed E-state index contributed by atoms with van der Waals surface area (Å²) in [6, 6.07) is 29.2. The standard InChI is InChI=1S/C13H16O4.C12H16O4.C10H14O3.C9H10O3.C9H12O2.C8H8O3/c1-4-16-12-7-10(8-14)5-6-11(12)17-13(15)9(2)3;1-3-14-11-6-9(4-5-10(11)13)12-15-7-8(2)16-12;1-3-13-10-6-8(7-12-2)4-5-9(10)11;1-2-12-9-5-7(6-10)3-4-8(9)11;1-3-11-9-6-7(2)4-5-8(9)10;1-11-8-4-6(5-9)2-3-7(8)10/h5-9H,4H2,1-3H3;4-6,8,12-13H,3,7H2,1-2H3;4-6,11H,3,7H2,1-2H3;3-6,11H,2H2,1H3;4-6,10H,3H2,1-2H3;2-5,10H,1H3. The Morgan fingerprint density at radius 3 is 1.41 bits per heavy atom. The number of methoxy groups -OCH3 is 2. The van der Waals surface area contributed by atoms with Gasteiger partial charge in [-0.3, -0.25) is 19.2 Å². The van der Waals surface area contributed by atoms with E-state index in [1.54, 1.807) is 81.6 Å². The van der Waals surface area contributed by atoms with Crippen LogP contribution in [-0.2, 0) is 25.6 Å². The minimum Gasteiger partial charge on any atom is -0.504 e. The molecule has 434 valence electrons. The first-order valence-corrected chi connectivity index (χ1v) is 25.6. The molecule has 1 heterocycles. The summed E-state index contributed by atoms with van der Waals surface area (Å²) in [7, 11) is 3.07. The normalized spacial score (nSPS) is 12.7. The highest BCUT2D eigenvalue weighted by Crippen LogP contribution is 2.34. The summed E-state index contributed by atoms with van der Waals surface area (Å²) in [4.78, 5) is 42.7. The van der Waals surface area contributed by atoms with Gasteiger partial charge in [-0.2, -0.15) is 0 Å². The van der Waals surface area contributed by atoms with Crippen molar-refractivity contribution in [1.82, 2.24) is 0 Å². The Morgan fingerprint density at radius 2 is 0.950 bits per heavy atom. The molecule has 1 saturated heterocycles. The van der Waals surface area contributed by atoms with E-state index in [-0.39, 0.29) is 53.0 Å². The van der Waals surface area contributed by atoms with Crippen LogP contribution in [0.1, 0.15) is 109 Å². The molecule has 0 aliphatic carbocycles. The number of aldehydes is 3. The number of hydrogen-bond acceptors (Lipinski definition) is 19. The highest BCUT2D eigenvalue weighted by atomic mass is 16.7. The fourth-order valence-electron chi connectivity index (χ4n) is 6.43. The maximum atomic E-state index is 11.5. The van der Waals surface area contributed by atoms with Gasteiger partial charge in [-0.25, -0.2) is 0 Å². The molecule has 7 rings (SSSR count). The van der Waals surface area contributed by atoms with E-state index in [1.807, 2.05) is 60.6 Å². The van der Waals surface area contributed by atoms with Gasteiger partial charge in [0, 0.05) is 29.4 Å². The first-order chi connectivity index (χ1) is 38.3. The van der Waals surface area contributed by atoms with Gasteiger partial charge >= 0.3 is 5.97 Å². The number of carbonyl (C=O) groups is 4. The molecule has 19 nitrogen and oxygen atoms in total. The molecule has 0 radical (unpaired) electrons. The van der Waals surface area contributed by atoms with Crippen LogP contribution in [0.5, 0.6) is 69.0 Å². The number of aromatic hydroxyl groups is 5. The fraction of sp³-hybridized carbons (Fsp3) is 0.344. The third kappa shape index (κ3) is 24.0. The van der Waals surface area contributed by atoms with Crippen LogP contribution in [0, 0.1) is 12.8 Å². The maximum absolute atomic E-state index is 11.5. The van der Waals surface area contributed by atoms with Crippen LogP contribution >= 0.6 is 0 Å². The van der Waals surface area contributed by atoms with Crippen molar-refractivity contribution in [3.05, 3.63) is 143 Å². The summed E-state index contributed by atoms with van der Waals surface area (Å²) in [5.74, 6) is 3.02. The maximum Gasteiger partial charge on any atom is 0.313 e. The van der Waals surface area contributed by atoms with Gasteiger partial charge in [0.05, 0.1) is 65.4 Å². The Bertz CT molecular complexity index is 2810. The quantitative estimate of drug-likeness (QED) is 0.0287. The number of aryl methyl sites for hydroxylation is 1. The Morgan fingerprint density at radius 1 is 0.537 bits per heavy atom. The minimum absolute atomic E-state index is 0.0399. The molecule has 1 aliphatic heterocycles. The lowest BCUT2D eigenvalue weighted by Crippen LogP contribution is -2.15. The predicted octanol–water partition coefficient (Wildman–Crippen LogP) is 11.5. The number of rotatable bonds is 19. The second-order valence-electron chi connectivity index (χ2n) is 17.0. The molecule has 0 amide bonds. The van der Waals surface area contributed by atoms with Crippen molar-refractivity contribution in [2.45, 2.75) is 81.3 Å². The lowest BCUT2D eigenvalue weighted by atomic mass is 10.2. The van der Waals surface area contributed by atoms with Crippen molar-refractivity contribution in [1.29, 1.82) is 0 Å². The smallest absolute Gasteiger partial charge is 0.313 e. The summed E-state index contributed by atoms with van der Waals surface area (Å²) >= 11 is 0. The van der Waals surface area contributed by atoms with Crippen molar-refractivity contribution in [3.8, 4) is 69.0 Å². The van der Waals surface area contributed by atoms with E-state index in [1.165, 1.54) is 43.5 Å². The first-order valence-electron chi connectivity index (χ1n) is 25.6. The van der Waals surface area contributed by atoms with Gasteiger partial charge in [0.1, 0.15) is 18.9 Å². The molecule has 1 fully saturated rings. The van der Waals surface area contributed by atoms with Crippen LogP contribution in [0.15, 0.2) is 109 Å². The van der Waals surface area contributed by atoms with Gasteiger partial charge in [-0.1, -0.05) is 32.0 Å². The third-order valence-electron chi connectivity index (χ3n) is 10.3. The molecule has 19 heteroatoms. The van der Waals surface area contributed by atoms with Gasteiger partial charge in [0.15, 0.2) is 75.3 Å². The number of esters is 1. The molecular formula is C61H76O19. The lowest BCUT2D eigenvalue weighted by molar-refractivity contribution is -0.137. The van der Waals surface area contributed by atoms with Crippen LogP contribution in [0.2, 0.25) is 0 Å². The second-order valence-corrected chi connectivity index (χ2v) is 17.0. The Labute approximate surface area is 468 Å². The minimum atomic E-state index is -0.352. The molecular weight excluding hydrogens is 1040 g/mol. The summed E-state index contributed by atoms with van der Waals surface area (Å²) in [5, 5.41) is 46.5. The van der Waals surface area contributed by atoms with E-state index in [9.17, 15) is 39.6 Å². The number of carbonyl (C=O) groups excluding carboxylic acids is 4. The highest BCUT2D eigenvalue weighted by molar-refractivity contribution is 5.79. The Hall–Kier alpha value is -8.52. The zero-order chi connectivity index (χ0) is 59.6. The van der Waals surface area contributed by atoms with Crippen LogP contribution in [0.4, 0.5) is 0 Å². The number of hydrogen-bond donors (Lipinski definition) is 5. The van der Waals surface area contributed by atoms with Gasteiger partial charge in [-0.05, 0) is 151 Å². The molecule has 0 aromatic heterocycles. The van der Waals surface area contributed by atoms with Crippen LogP contribution in [0.25, 0.3) is 0 Å². The largest absolute Gasteiger partial charge is 0.504 e. The molecule has 5 N–H and O–H groups in total. The van der Waals surface area contributed by atoms with E-state index in [0.717, 1.165) is 23.0 Å². The summed E-state index contributed by atoms with van der Waals surface area (Å²) in [6.45, 7) is 20.4. The number of benzene rings is 6. The van der Waals surface area contributed by atoms with E-state index < -0.39 is 0 Å². The van der Waals surface area contributed by atoms with Crippen molar-refractivity contribution in [3.63, 3.8) is 0 Å². The average Bonchev–Trinajstić information content (AvgIpc) is 3.90. The van der Waals surface area contributed by atoms with Gasteiger partial charge in [0.25, 0.3) is 0 Å². The zero-order valence-corrected chi connectivity index (χ0v) is 47.3. The summed E-state index contributed by atoms with van der Waals surface area (Å²) in [5.41, 5.74) is 4.41. The van der Waals surface area contributed by atoms with E-state index in [4.69, 9.17) is 52.5 Å². The predicted molar refractivity (Wildman–Crippen MR) is 301 cm³/mol. The topological polar surface area (TPSA) is 262 Å². The summed E-state index contributed by atoms with van der Waals surface area (Å²) < 4.78 is 52.0. The van der Waals surface area contributed by atoms with Gasteiger partial charge < -0.3 is 72.9 Å². The molecule has 0 saturated carbocycles. The van der Waals surface area contributed by atoms with Crippen molar-refractivity contribution in [2.75, 3.05) is 53.9 Å². The first kappa shape index (κ1) is 67.6. The van der Waals surface area contributed by atoms with Crippen molar-refractivity contribution >= 4 is 24.8 Å². The number of phenols is 5. The molecule has 6 aromatic rings. The Kier molecular flexibility index (Phi) is 31.5. The molecule has 1 aliphatic rings. The van der Waals surface area contributed by atoms with Crippen molar-refractivity contribution in [2.24, 2.45) is 5.92 Å².